The van der Waals surface area contributed by atoms with Gasteiger partial charge in [-0.3, -0.25) is 4.79 Å². The topological polar surface area (TPSA) is 26.3 Å². The van der Waals surface area contributed by atoms with Gasteiger partial charge in [-0.25, -0.2) is 0 Å². The fourth-order valence-electron chi connectivity index (χ4n) is 1.07. The number of carbonyl (C=O) groups is 1. The third-order valence-corrected chi connectivity index (χ3v) is 2.54. The van der Waals surface area contributed by atoms with E-state index in [1.165, 1.54) is 0 Å². The molecule has 82 valence electrons. The number of hydrogen-bond acceptors (Lipinski definition) is 2. The molecule has 2 heteroatoms. The Morgan fingerprint density at radius 1 is 1.27 bits per heavy atom. The van der Waals surface area contributed by atoms with Gasteiger partial charge in [-0.15, -0.1) is 0 Å². The molecule has 0 aliphatic heterocycles. The summed E-state index contributed by atoms with van der Waals surface area (Å²) in [5, 5.41) is 0. The largest absolute Gasteiger partial charge is 0.367 e. The van der Waals surface area contributed by atoms with Crippen molar-refractivity contribution in [1.82, 2.24) is 0 Å². The van der Waals surface area contributed by atoms with E-state index in [1.54, 1.807) is 0 Å². The van der Waals surface area contributed by atoms with Gasteiger partial charge in [0.25, 0.3) is 0 Å². The van der Waals surface area contributed by atoms with E-state index in [0.29, 0.717) is 5.56 Å². The molecule has 0 saturated heterocycles. The molecule has 0 aromatic heterocycles. The number of rotatable bonds is 5. The Hall–Kier alpha value is -1.15. The van der Waals surface area contributed by atoms with Crippen molar-refractivity contribution in [2.75, 3.05) is 6.61 Å². The standard InChI is InChI=1S/C13H18O2/c1-4-13(2,3)15-10-12(14)11-8-6-5-7-9-11/h5-9H,4,10H2,1-3H3. The van der Waals surface area contributed by atoms with Gasteiger partial charge in [0.1, 0.15) is 6.61 Å². The molecular weight excluding hydrogens is 188 g/mol. The van der Waals surface area contributed by atoms with Crippen molar-refractivity contribution < 1.29 is 9.53 Å². The average molecular weight is 206 g/mol. The van der Waals surface area contributed by atoms with Crippen molar-refractivity contribution in [1.29, 1.82) is 0 Å². The minimum atomic E-state index is -0.218. The van der Waals surface area contributed by atoms with Crippen LogP contribution in [0.5, 0.6) is 0 Å². The Morgan fingerprint density at radius 3 is 2.40 bits per heavy atom. The Morgan fingerprint density at radius 2 is 1.87 bits per heavy atom. The van der Waals surface area contributed by atoms with Gasteiger partial charge in [0.2, 0.25) is 0 Å². The molecule has 1 aromatic rings. The molecular formula is C13H18O2. The van der Waals surface area contributed by atoms with Crippen LogP contribution >= 0.6 is 0 Å². The van der Waals surface area contributed by atoms with Gasteiger partial charge in [-0.2, -0.15) is 0 Å². The zero-order valence-corrected chi connectivity index (χ0v) is 9.62. The summed E-state index contributed by atoms with van der Waals surface area (Å²) < 4.78 is 5.55. The second-order valence-electron chi connectivity index (χ2n) is 4.19. The second-order valence-corrected chi connectivity index (χ2v) is 4.19. The van der Waals surface area contributed by atoms with E-state index in [2.05, 4.69) is 0 Å². The van der Waals surface area contributed by atoms with Crippen LogP contribution in [0.2, 0.25) is 0 Å². The molecule has 0 amide bonds. The van der Waals surface area contributed by atoms with Crippen LogP contribution in [0.25, 0.3) is 0 Å². The lowest BCUT2D eigenvalue weighted by atomic mass is 10.1. The predicted molar refractivity (Wildman–Crippen MR) is 61.1 cm³/mol. The van der Waals surface area contributed by atoms with Crippen LogP contribution in [-0.2, 0) is 4.74 Å². The molecule has 0 unspecified atom stereocenters. The van der Waals surface area contributed by atoms with E-state index in [9.17, 15) is 4.79 Å². The highest BCUT2D eigenvalue weighted by Gasteiger charge is 2.17. The lowest BCUT2D eigenvalue weighted by Crippen LogP contribution is -2.26. The monoisotopic (exact) mass is 206 g/mol. The molecule has 1 aromatic carbocycles. The smallest absolute Gasteiger partial charge is 0.188 e. The Labute approximate surface area is 91.3 Å². The highest BCUT2D eigenvalue weighted by Crippen LogP contribution is 2.14. The molecule has 0 atom stereocenters. The molecule has 0 radical (unpaired) electrons. The first-order valence-electron chi connectivity index (χ1n) is 5.27. The van der Waals surface area contributed by atoms with Crippen LogP contribution in [0.4, 0.5) is 0 Å². The Balaban J connectivity index is 2.51. The van der Waals surface area contributed by atoms with Crippen LogP contribution in [-0.4, -0.2) is 18.0 Å². The van der Waals surface area contributed by atoms with Gasteiger partial charge >= 0.3 is 0 Å². The van der Waals surface area contributed by atoms with E-state index in [1.807, 2.05) is 51.1 Å². The third-order valence-electron chi connectivity index (χ3n) is 2.54. The van der Waals surface area contributed by atoms with E-state index >= 15 is 0 Å². The lowest BCUT2D eigenvalue weighted by Gasteiger charge is -2.22. The van der Waals surface area contributed by atoms with Gasteiger partial charge in [0.05, 0.1) is 5.60 Å². The molecule has 0 aliphatic carbocycles. The number of Topliss-reactive ketones (excluding diaryl/α,β-unsaturated/α-hetero) is 1. The van der Waals surface area contributed by atoms with Crippen molar-refractivity contribution in [2.24, 2.45) is 0 Å². The van der Waals surface area contributed by atoms with Crippen molar-refractivity contribution >= 4 is 5.78 Å². The summed E-state index contributed by atoms with van der Waals surface area (Å²) in [6.45, 7) is 6.19. The van der Waals surface area contributed by atoms with E-state index in [-0.39, 0.29) is 18.0 Å². The first-order chi connectivity index (χ1) is 7.05. The molecule has 0 saturated carbocycles. The summed E-state index contributed by atoms with van der Waals surface area (Å²) in [4.78, 5) is 11.7. The summed E-state index contributed by atoms with van der Waals surface area (Å²) in [7, 11) is 0. The first kappa shape index (κ1) is 11.9. The average Bonchev–Trinajstić information content (AvgIpc) is 2.27. The van der Waals surface area contributed by atoms with Gasteiger partial charge in [-0.1, -0.05) is 37.3 Å². The SMILES string of the molecule is CCC(C)(C)OCC(=O)c1ccccc1. The quantitative estimate of drug-likeness (QED) is 0.692. The number of carbonyl (C=O) groups excluding carboxylic acids is 1. The third kappa shape index (κ3) is 3.84. The molecule has 0 aliphatic rings. The van der Waals surface area contributed by atoms with Crippen molar-refractivity contribution in [3.05, 3.63) is 35.9 Å². The molecule has 0 N–H and O–H groups in total. The Kier molecular flexibility index (Phi) is 4.04. The maximum atomic E-state index is 11.7. The molecule has 0 bridgehead atoms. The van der Waals surface area contributed by atoms with E-state index in [0.717, 1.165) is 6.42 Å². The summed E-state index contributed by atoms with van der Waals surface area (Å²) >= 11 is 0. The maximum Gasteiger partial charge on any atom is 0.188 e. The van der Waals surface area contributed by atoms with Gasteiger partial charge in [0, 0.05) is 5.56 Å². The normalized spacial score (nSPS) is 11.4. The highest BCUT2D eigenvalue weighted by molar-refractivity contribution is 5.97. The number of hydrogen-bond donors (Lipinski definition) is 0. The van der Waals surface area contributed by atoms with Crippen LogP contribution in [0.1, 0.15) is 37.6 Å². The fraction of sp³-hybridized carbons (Fsp3) is 0.462. The summed E-state index contributed by atoms with van der Waals surface area (Å²) in [5.74, 6) is 0.0390. The van der Waals surface area contributed by atoms with Crippen LogP contribution < -0.4 is 0 Å². The molecule has 0 fully saturated rings. The lowest BCUT2D eigenvalue weighted by molar-refractivity contribution is -0.0122. The van der Waals surface area contributed by atoms with E-state index < -0.39 is 0 Å². The van der Waals surface area contributed by atoms with Crippen molar-refractivity contribution in [3.63, 3.8) is 0 Å². The zero-order chi connectivity index (χ0) is 11.3. The number of ketones is 1. The van der Waals surface area contributed by atoms with Gasteiger partial charge in [-0.05, 0) is 20.3 Å². The van der Waals surface area contributed by atoms with Crippen molar-refractivity contribution in [3.8, 4) is 0 Å². The van der Waals surface area contributed by atoms with Crippen LogP contribution in [0.15, 0.2) is 30.3 Å². The first-order valence-corrected chi connectivity index (χ1v) is 5.27. The summed E-state index contributed by atoms with van der Waals surface area (Å²) in [6, 6.07) is 9.24. The number of benzene rings is 1. The number of ether oxygens (including phenoxy) is 1. The molecule has 1 rings (SSSR count). The van der Waals surface area contributed by atoms with Gasteiger partial charge in [0.15, 0.2) is 5.78 Å². The highest BCUT2D eigenvalue weighted by atomic mass is 16.5. The zero-order valence-electron chi connectivity index (χ0n) is 9.62. The van der Waals surface area contributed by atoms with Crippen LogP contribution in [0.3, 0.4) is 0 Å². The predicted octanol–water partition coefficient (Wildman–Crippen LogP) is 3.07. The minimum absolute atomic E-state index is 0.0390. The molecule has 2 nitrogen and oxygen atoms in total. The van der Waals surface area contributed by atoms with Crippen LogP contribution in [0, 0.1) is 0 Å². The second kappa shape index (κ2) is 5.08. The maximum absolute atomic E-state index is 11.7. The Bertz CT molecular complexity index is 315. The van der Waals surface area contributed by atoms with E-state index in [4.69, 9.17) is 4.74 Å². The summed E-state index contributed by atoms with van der Waals surface area (Å²) in [5.41, 5.74) is 0.495. The minimum Gasteiger partial charge on any atom is -0.367 e. The van der Waals surface area contributed by atoms with Crippen molar-refractivity contribution in [2.45, 2.75) is 32.8 Å². The fourth-order valence-corrected chi connectivity index (χ4v) is 1.07. The molecule has 0 heterocycles. The van der Waals surface area contributed by atoms with Gasteiger partial charge < -0.3 is 4.74 Å². The molecule has 15 heavy (non-hydrogen) atoms. The molecule has 0 spiro atoms. The summed E-state index contributed by atoms with van der Waals surface area (Å²) in [6.07, 6.45) is 0.898.